The van der Waals surface area contributed by atoms with Crippen molar-refractivity contribution in [2.75, 3.05) is 19.6 Å². The van der Waals surface area contributed by atoms with Crippen molar-refractivity contribution >= 4 is 8.80 Å². The van der Waals surface area contributed by atoms with Gasteiger partial charge in [-0.1, -0.05) is 19.2 Å². The van der Waals surface area contributed by atoms with E-state index in [1.165, 1.54) is 38.9 Å². The molecule has 0 spiro atoms. The van der Waals surface area contributed by atoms with Crippen molar-refractivity contribution in [3.05, 3.63) is 11.8 Å². The number of hydrogen-bond donors (Lipinski definition) is 0. The van der Waals surface area contributed by atoms with Crippen LogP contribution >= 0.6 is 0 Å². The molecule has 1 heterocycles. The number of rotatable bonds is 4. The predicted octanol–water partition coefficient (Wildman–Crippen LogP) is 2.05. The zero-order valence-electron chi connectivity index (χ0n) is 8.42. The van der Waals surface area contributed by atoms with Crippen molar-refractivity contribution in [3.8, 4) is 0 Å². The van der Waals surface area contributed by atoms with Gasteiger partial charge in [0.2, 0.25) is 0 Å². The molecular weight excluding hydrogens is 162 g/mol. The monoisotopic (exact) mass is 183 g/mol. The van der Waals surface area contributed by atoms with Gasteiger partial charge in [0.1, 0.15) is 0 Å². The van der Waals surface area contributed by atoms with Gasteiger partial charge in [0.15, 0.2) is 0 Å². The van der Waals surface area contributed by atoms with E-state index in [2.05, 4.69) is 29.8 Å². The van der Waals surface area contributed by atoms with Gasteiger partial charge in [-0.2, -0.15) is 0 Å². The summed E-state index contributed by atoms with van der Waals surface area (Å²) in [5.41, 5.74) is 2.44. The molecule has 1 fully saturated rings. The quantitative estimate of drug-likeness (QED) is 0.603. The van der Waals surface area contributed by atoms with Crippen LogP contribution in [0.5, 0.6) is 0 Å². The summed E-state index contributed by atoms with van der Waals surface area (Å²) in [5.74, 6) is 0. The predicted molar refractivity (Wildman–Crippen MR) is 58.3 cm³/mol. The van der Waals surface area contributed by atoms with E-state index in [0.717, 1.165) is 0 Å². The smallest absolute Gasteiger partial charge is 0.0549 e. The summed E-state index contributed by atoms with van der Waals surface area (Å²) in [6.07, 6.45) is 6.49. The van der Waals surface area contributed by atoms with E-state index in [1.807, 2.05) is 0 Å². The van der Waals surface area contributed by atoms with Crippen LogP contribution in [-0.4, -0.2) is 33.3 Å². The molecule has 2 heteroatoms. The highest BCUT2D eigenvalue weighted by Gasteiger charge is 2.09. The molecule has 1 saturated heterocycles. The van der Waals surface area contributed by atoms with Gasteiger partial charge in [0.05, 0.1) is 8.80 Å². The molecule has 0 aromatic heterocycles. The third kappa shape index (κ3) is 4.07. The first kappa shape index (κ1) is 10.0. The molecule has 1 nitrogen and oxygen atoms in total. The molecule has 0 atom stereocenters. The molecular formula is C10H21NSi. The molecule has 70 valence electrons. The summed E-state index contributed by atoms with van der Waals surface area (Å²) in [6, 6.07) is 0. The van der Waals surface area contributed by atoms with Crippen LogP contribution in [-0.2, 0) is 0 Å². The first-order chi connectivity index (χ1) is 5.79. The zero-order valence-corrected chi connectivity index (χ0v) is 9.58. The fourth-order valence-corrected chi connectivity index (χ4v) is 2.37. The second-order valence-electron chi connectivity index (χ2n) is 4.01. The summed E-state index contributed by atoms with van der Waals surface area (Å²) < 4.78 is 0. The number of hydrogen-bond acceptors (Lipinski definition) is 1. The second-order valence-corrected chi connectivity index (χ2v) is 6.88. The number of nitrogens with zero attached hydrogens (tertiary/aromatic N) is 1. The molecule has 1 aliphatic heterocycles. The van der Waals surface area contributed by atoms with Crippen LogP contribution in [0, 0.1) is 0 Å². The lowest BCUT2D eigenvalue weighted by Gasteiger charge is -2.12. The summed E-state index contributed by atoms with van der Waals surface area (Å²) in [7, 11) is -0.435. The minimum Gasteiger partial charge on any atom is -0.303 e. The van der Waals surface area contributed by atoms with Crippen LogP contribution in [0.25, 0.3) is 0 Å². The Hall–Kier alpha value is -0.0831. The van der Waals surface area contributed by atoms with E-state index in [-0.39, 0.29) is 0 Å². The van der Waals surface area contributed by atoms with Crippen LogP contribution in [0.1, 0.15) is 19.3 Å². The second kappa shape index (κ2) is 5.54. The Labute approximate surface area is 78.1 Å². The van der Waals surface area contributed by atoms with E-state index in [0.29, 0.717) is 0 Å². The van der Waals surface area contributed by atoms with Gasteiger partial charge >= 0.3 is 0 Å². The van der Waals surface area contributed by atoms with Crippen LogP contribution in [0.15, 0.2) is 11.8 Å². The fraction of sp³-hybridized carbons (Fsp3) is 0.800. The van der Waals surface area contributed by atoms with Crippen molar-refractivity contribution in [1.82, 2.24) is 4.90 Å². The SMILES string of the molecule is C[SiH](C)C=CCCN1CCCC1. The molecule has 1 aliphatic rings. The van der Waals surface area contributed by atoms with Crippen LogP contribution in [0.3, 0.4) is 0 Å². The Balaban J connectivity index is 2.01. The highest BCUT2D eigenvalue weighted by Crippen LogP contribution is 2.07. The Morgan fingerprint density at radius 3 is 2.50 bits per heavy atom. The highest BCUT2D eigenvalue weighted by molar-refractivity contribution is 6.61. The Morgan fingerprint density at radius 2 is 1.92 bits per heavy atom. The maximum absolute atomic E-state index is 2.58. The highest BCUT2D eigenvalue weighted by atomic mass is 28.3. The molecule has 0 N–H and O–H groups in total. The molecule has 0 aliphatic carbocycles. The zero-order chi connectivity index (χ0) is 8.81. The largest absolute Gasteiger partial charge is 0.303 e. The van der Waals surface area contributed by atoms with Gasteiger partial charge in [-0.25, -0.2) is 0 Å². The summed E-state index contributed by atoms with van der Waals surface area (Å²) in [6.45, 7) is 8.70. The van der Waals surface area contributed by atoms with E-state index >= 15 is 0 Å². The van der Waals surface area contributed by atoms with E-state index in [1.54, 1.807) is 0 Å². The molecule has 1 rings (SSSR count). The van der Waals surface area contributed by atoms with E-state index < -0.39 is 8.80 Å². The fourth-order valence-electron chi connectivity index (χ4n) is 1.63. The minimum atomic E-state index is -0.435. The Kier molecular flexibility index (Phi) is 4.62. The molecule has 0 bridgehead atoms. The van der Waals surface area contributed by atoms with Crippen molar-refractivity contribution in [3.63, 3.8) is 0 Å². The minimum absolute atomic E-state index is 0.435. The van der Waals surface area contributed by atoms with Crippen molar-refractivity contribution in [2.24, 2.45) is 0 Å². The van der Waals surface area contributed by atoms with Crippen molar-refractivity contribution < 1.29 is 0 Å². The third-order valence-corrected chi connectivity index (χ3v) is 3.37. The Morgan fingerprint density at radius 1 is 1.25 bits per heavy atom. The van der Waals surface area contributed by atoms with Gasteiger partial charge in [0.25, 0.3) is 0 Å². The lowest BCUT2D eigenvalue weighted by Crippen LogP contribution is -2.19. The molecule has 0 saturated carbocycles. The normalized spacial score (nSPS) is 19.9. The first-order valence-corrected chi connectivity index (χ1v) is 8.15. The topological polar surface area (TPSA) is 3.24 Å². The van der Waals surface area contributed by atoms with Crippen molar-refractivity contribution in [1.29, 1.82) is 0 Å². The maximum Gasteiger partial charge on any atom is 0.0549 e. The van der Waals surface area contributed by atoms with Gasteiger partial charge in [-0.3, -0.25) is 0 Å². The van der Waals surface area contributed by atoms with Crippen molar-refractivity contribution in [2.45, 2.75) is 32.4 Å². The first-order valence-electron chi connectivity index (χ1n) is 5.18. The molecule has 0 unspecified atom stereocenters. The average Bonchev–Trinajstić information content (AvgIpc) is 2.49. The summed E-state index contributed by atoms with van der Waals surface area (Å²) in [4.78, 5) is 2.58. The van der Waals surface area contributed by atoms with Gasteiger partial charge in [-0.15, -0.1) is 5.70 Å². The average molecular weight is 183 g/mol. The van der Waals surface area contributed by atoms with Gasteiger partial charge in [0, 0.05) is 6.54 Å². The third-order valence-electron chi connectivity index (χ3n) is 2.33. The summed E-state index contributed by atoms with van der Waals surface area (Å²) >= 11 is 0. The van der Waals surface area contributed by atoms with E-state index in [4.69, 9.17) is 0 Å². The van der Waals surface area contributed by atoms with Crippen LogP contribution in [0.2, 0.25) is 13.1 Å². The lowest BCUT2D eigenvalue weighted by atomic mass is 10.4. The molecule has 12 heavy (non-hydrogen) atoms. The molecule has 0 aromatic carbocycles. The summed E-state index contributed by atoms with van der Waals surface area (Å²) in [5, 5.41) is 0. The lowest BCUT2D eigenvalue weighted by molar-refractivity contribution is 0.346. The molecule has 0 aromatic rings. The van der Waals surface area contributed by atoms with E-state index in [9.17, 15) is 0 Å². The maximum atomic E-state index is 2.58. The standard InChI is InChI=1S/C10H21NSi/c1-12(2)10-6-5-9-11-7-3-4-8-11/h6,10,12H,3-5,7-9H2,1-2H3. The van der Waals surface area contributed by atoms with Gasteiger partial charge < -0.3 is 4.90 Å². The molecule has 0 amide bonds. The van der Waals surface area contributed by atoms with Gasteiger partial charge in [-0.05, 0) is 32.4 Å². The number of likely N-dealkylation sites (tertiary alicyclic amines) is 1. The Bertz CT molecular complexity index is 137. The molecule has 0 radical (unpaired) electrons. The van der Waals surface area contributed by atoms with Crippen LogP contribution in [0.4, 0.5) is 0 Å². The van der Waals surface area contributed by atoms with Crippen LogP contribution < -0.4 is 0 Å².